The molecule has 0 spiro atoms. The predicted molar refractivity (Wildman–Crippen MR) is 103 cm³/mol. The number of allylic oxidation sites excluding steroid dienone is 1. The van der Waals surface area contributed by atoms with E-state index < -0.39 is 11.9 Å². The van der Waals surface area contributed by atoms with Gasteiger partial charge >= 0.3 is 6.03 Å². The van der Waals surface area contributed by atoms with E-state index in [0.29, 0.717) is 29.6 Å². The lowest BCUT2D eigenvalue weighted by atomic mass is 10.2. The summed E-state index contributed by atoms with van der Waals surface area (Å²) in [4.78, 5) is 23.5. The third kappa shape index (κ3) is 6.21. The van der Waals surface area contributed by atoms with Gasteiger partial charge in [-0.3, -0.25) is 14.7 Å². The van der Waals surface area contributed by atoms with E-state index in [2.05, 4.69) is 27.4 Å². The zero-order valence-electron chi connectivity index (χ0n) is 15.1. The van der Waals surface area contributed by atoms with Crippen molar-refractivity contribution in [2.45, 2.75) is 31.5 Å². The summed E-state index contributed by atoms with van der Waals surface area (Å²) in [7, 11) is 0. The first-order chi connectivity index (χ1) is 13.0. The Labute approximate surface area is 161 Å². The van der Waals surface area contributed by atoms with Crippen LogP contribution >= 0.6 is 11.8 Å². The Hall–Kier alpha value is -2.68. The fraction of sp³-hybridized carbons (Fsp3) is 0.333. The molecule has 0 bridgehead atoms. The van der Waals surface area contributed by atoms with Gasteiger partial charge in [0.2, 0.25) is 5.91 Å². The standard InChI is InChI=1S/C18H22FN5O2S/c1-3-5-10-20-17(26)21-15(25)12-27-18-23-22-16(24(18)11-4-2)13-6-8-14(19)9-7-13/h4,6-9H,2-3,5,10-12H2,1H3,(H2,20,21,25,26). The van der Waals surface area contributed by atoms with E-state index in [0.717, 1.165) is 24.6 Å². The molecule has 0 saturated heterocycles. The molecule has 0 radical (unpaired) electrons. The van der Waals surface area contributed by atoms with Crippen LogP contribution in [0, 0.1) is 5.82 Å². The molecule has 0 fully saturated rings. The van der Waals surface area contributed by atoms with Gasteiger partial charge in [-0.05, 0) is 30.7 Å². The second kappa shape index (κ2) is 10.5. The molecule has 0 aliphatic heterocycles. The highest BCUT2D eigenvalue weighted by atomic mass is 32.2. The number of halogens is 1. The Kier molecular flexibility index (Phi) is 8.00. The Morgan fingerprint density at radius 3 is 2.70 bits per heavy atom. The summed E-state index contributed by atoms with van der Waals surface area (Å²) in [5, 5.41) is 13.6. The van der Waals surface area contributed by atoms with Gasteiger partial charge in [0.15, 0.2) is 11.0 Å². The third-order valence-electron chi connectivity index (χ3n) is 3.53. The lowest BCUT2D eigenvalue weighted by molar-refractivity contribution is -0.117. The number of nitrogens with one attached hydrogen (secondary N) is 2. The highest BCUT2D eigenvalue weighted by Crippen LogP contribution is 2.24. The van der Waals surface area contributed by atoms with Crippen LogP contribution in [0.4, 0.5) is 9.18 Å². The van der Waals surface area contributed by atoms with Crippen LogP contribution < -0.4 is 10.6 Å². The summed E-state index contributed by atoms with van der Waals surface area (Å²) in [6.45, 7) is 6.69. The number of carbonyl (C=O) groups excluding carboxylic acids is 2. The van der Waals surface area contributed by atoms with Crippen LogP contribution in [0.5, 0.6) is 0 Å². The molecule has 3 amide bonds. The maximum atomic E-state index is 13.1. The molecule has 9 heteroatoms. The van der Waals surface area contributed by atoms with Crippen LogP contribution in [0.3, 0.4) is 0 Å². The second-order valence-electron chi connectivity index (χ2n) is 5.66. The van der Waals surface area contributed by atoms with Crippen molar-refractivity contribution < 1.29 is 14.0 Å². The first-order valence-electron chi connectivity index (χ1n) is 8.55. The first-order valence-corrected chi connectivity index (χ1v) is 9.54. The summed E-state index contributed by atoms with van der Waals surface area (Å²) in [6, 6.07) is 5.41. The van der Waals surface area contributed by atoms with Gasteiger partial charge in [0.25, 0.3) is 0 Å². The second-order valence-corrected chi connectivity index (χ2v) is 6.60. The van der Waals surface area contributed by atoms with Crippen LogP contribution in [-0.4, -0.2) is 39.0 Å². The normalized spacial score (nSPS) is 10.4. The molecule has 1 aromatic heterocycles. The van der Waals surface area contributed by atoms with Crippen molar-refractivity contribution in [1.82, 2.24) is 25.4 Å². The number of unbranched alkanes of at least 4 members (excludes halogenated alkanes) is 1. The van der Waals surface area contributed by atoms with Crippen molar-refractivity contribution in [2.75, 3.05) is 12.3 Å². The van der Waals surface area contributed by atoms with Gasteiger partial charge in [0, 0.05) is 18.7 Å². The average molecular weight is 391 g/mol. The van der Waals surface area contributed by atoms with Gasteiger partial charge in [-0.25, -0.2) is 9.18 Å². The maximum absolute atomic E-state index is 13.1. The van der Waals surface area contributed by atoms with Crippen LogP contribution in [0.15, 0.2) is 42.1 Å². The van der Waals surface area contributed by atoms with Crippen molar-refractivity contribution in [3.63, 3.8) is 0 Å². The van der Waals surface area contributed by atoms with E-state index >= 15 is 0 Å². The number of amides is 3. The summed E-state index contributed by atoms with van der Waals surface area (Å²) >= 11 is 1.16. The van der Waals surface area contributed by atoms with Crippen molar-refractivity contribution in [2.24, 2.45) is 0 Å². The fourth-order valence-electron chi connectivity index (χ4n) is 2.22. The molecule has 0 atom stereocenters. The summed E-state index contributed by atoms with van der Waals surface area (Å²) in [6.07, 6.45) is 3.49. The molecule has 144 valence electrons. The summed E-state index contributed by atoms with van der Waals surface area (Å²) < 4.78 is 14.9. The minimum atomic E-state index is -0.506. The molecular formula is C18H22FN5O2S. The van der Waals surface area contributed by atoms with Gasteiger partial charge < -0.3 is 5.32 Å². The predicted octanol–water partition coefficient (Wildman–Crippen LogP) is 2.99. The zero-order chi connectivity index (χ0) is 19.6. The van der Waals surface area contributed by atoms with Crippen molar-refractivity contribution in [3.8, 4) is 11.4 Å². The van der Waals surface area contributed by atoms with E-state index in [1.54, 1.807) is 22.8 Å². The Bertz CT molecular complexity index is 792. The monoisotopic (exact) mass is 391 g/mol. The number of imide groups is 1. The SMILES string of the molecule is C=CCn1c(SCC(=O)NC(=O)NCCCC)nnc1-c1ccc(F)cc1. The molecule has 0 aliphatic carbocycles. The molecule has 0 saturated carbocycles. The largest absolute Gasteiger partial charge is 0.338 e. The van der Waals surface area contributed by atoms with Crippen LogP contribution in [0.25, 0.3) is 11.4 Å². The van der Waals surface area contributed by atoms with Gasteiger partial charge in [0.05, 0.1) is 5.75 Å². The first kappa shape index (κ1) is 20.6. The Morgan fingerprint density at radius 1 is 1.30 bits per heavy atom. The quantitative estimate of drug-likeness (QED) is 0.390. The highest BCUT2D eigenvalue weighted by Gasteiger charge is 2.16. The van der Waals surface area contributed by atoms with Crippen molar-refractivity contribution in [3.05, 3.63) is 42.7 Å². The van der Waals surface area contributed by atoms with Crippen molar-refractivity contribution >= 4 is 23.7 Å². The van der Waals surface area contributed by atoms with E-state index in [-0.39, 0.29) is 11.6 Å². The zero-order valence-corrected chi connectivity index (χ0v) is 15.9. The minimum Gasteiger partial charge on any atom is -0.338 e. The lowest BCUT2D eigenvalue weighted by Crippen LogP contribution is -2.40. The van der Waals surface area contributed by atoms with E-state index in [1.807, 2.05) is 6.92 Å². The number of rotatable bonds is 9. The van der Waals surface area contributed by atoms with Crippen molar-refractivity contribution in [1.29, 1.82) is 0 Å². The molecular weight excluding hydrogens is 369 g/mol. The molecule has 2 aromatic rings. The number of hydrogen-bond donors (Lipinski definition) is 2. The Morgan fingerprint density at radius 2 is 2.04 bits per heavy atom. The molecule has 1 aromatic carbocycles. The molecule has 1 heterocycles. The van der Waals surface area contributed by atoms with Crippen LogP contribution in [0.2, 0.25) is 0 Å². The topological polar surface area (TPSA) is 88.9 Å². The molecule has 27 heavy (non-hydrogen) atoms. The number of urea groups is 1. The smallest absolute Gasteiger partial charge is 0.321 e. The lowest BCUT2D eigenvalue weighted by Gasteiger charge is -2.08. The van der Waals surface area contributed by atoms with Gasteiger partial charge in [-0.15, -0.1) is 16.8 Å². The molecule has 2 N–H and O–H groups in total. The molecule has 7 nitrogen and oxygen atoms in total. The van der Waals surface area contributed by atoms with E-state index in [1.165, 1.54) is 12.1 Å². The van der Waals surface area contributed by atoms with Gasteiger partial charge in [-0.2, -0.15) is 0 Å². The molecule has 0 aliphatic rings. The summed E-state index contributed by atoms with van der Waals surface area (Å²) in [5.41, 5.74) is 0.706. The Balaban J connectivity index is 2.00. The van der Waals surface area contributed by atoms with E-state index in [4.69, 9.17) is 0 Å². The summed E-state index contributed by atoms with van der Waals surface area (Å²) in [5.74, 6) is -0.197. The number of aromatic nitrogens is 3. The average Bonchev–Trinajstić information content (AvgIpc) is 3.04. The number of nitrogens with zero attached hydrogens (tertiary/aromatic N) is 3. The van der Waals surface area contributed by atoms with Crippen LogP contribution in [-0.2, 0) is 11.3 Å². The third-order valence-corrected chi connectivity index (χ3v) is 4.50. The minimum absolute atomic E-state index is 0.0138. The fourth-order valence-corrected chi connectivity index (χ4v) is 2.97. The maximum Gasteiger partial charge on any atom is 0.321 e. The van der Waals surface area contributed by atoms with Gasteiger partial charge in [0.1, 0.15) is 5.82 Å². The van der Waals surface area contributed by atoms with E-state index in [9.17, 15) is 14.0 Å². The van der Waals surface area contributed by atoms with Gasteiger partial charge in [-0.1, -0.05) is 31.2 Å². The number of hydrogen-bond acceptors (Lipinski definition) is 5. The number of benzene rings is 1. The molecule has 0 unspecified atom stereocenters. The van der Waals surface area contributed by atoms with Crippen LogP contribution in [0.1, 0.15) is 19.8 Å². The molecule has 2 rings (SSSR count). The number of thioether (sulfide) groups is 1. The number of carbonyl (C=O) groups is 2. The highest BCUT2D eigenvalue weighted by molar-refractivity contribution is 7.99.